The number of hydrogen-bond acceptors (Lipinski definition) is 2. The van der Waals surface area contributed by atoms with Gasteiger partial charge in [-0.05, 0) is 31.4 Å². The maximum absolute atomic E-state index is 13.3. The largest absolute Gasteiger partial charge is 0.508 e. The van der Waals surface area contributed by atoms with E-state index in [-0.39, 0.29) is 17.4 Å². The molecule has 1 aromatic rings. The molecule has 15 heavy (non-hydrogen) atoms. The lowest BCUT2D eigenvalue weighted by Gasteiger charge is -2.06. The van der Waals surface area contributed by atoms with Crippen LogP contribution in [0.5, 0.6) is 5.75 Å². The van der Waals surface area contributed by atoms with Crippen molar-refractivity contribution in [2.75, 3.05) is 0 Å². The highest BCUT2D eigenvalue weighted by Gasteiger charge is 2.25. The number of halogens is 1. The molecule has 0 radical (unpaired) electrons. The molecule has 1 fully saturated rings. The van der Waals surface area contributed by atoms with E-state index in [0.717, 1.165) is 18.9 Å². The molecule has 1 amide bonds. The van der Waals surface area contributed by atoms with Crippen molar-refractivity contribution >= 4 is 5.91 Å². The van der Waals surface area contributed by atoms with Gasteiger partial charge in [0.1, 0.15) is 11.6 Å². The Balaban J connectivity index is 2.25. The third kappa shape index (κ3) is 2.09. The SMILES string of the molecule is Cc1cc(C(=O)NC2CC2)c(F)cc1O. The molecule has 0 heterocycles. The van der Waals surface area contributed by atoms with Crippen molar-refractivity contribution in [3.05, 3.63) is 29.1 Å². The van der Waals surface area contributed by atoms with Gasteiger partial charge in [-0.1, -0.05) is 0 Å². The van der Waals surface area contributed by atoms with Gasteiger partial charge in [-0.3, -0.25) is 4.79 Å². The first-order valence-electron chi connectivity index (χ1n) is 4.88. The average Bonchev–Trinajstić information content (AvgIpc) is 2.95. The van der Waals surface area contributed by atoms with Gasteiger partial charge in [0.15, 0.2) is 0 Å². The van der Waals surface area contributed by atoms with Gasteiger partial charge < -0.3 is 10.4 Å². The van der Waals surface area contributed by atoms with Crippen molar-refractivity contribution in [2.45, 2.75) is 25.8 Å². The van der Waals surface area contributed by atoms with Crippen molar-refractivity contribution in [3.63, 3.8) is 0 Å². The van der Waals surface area contributed by atoms with Gasteiger partial charge in [0.25, 0.3) is 5.91 Å². The molecule has 0 saturated heterocycles. The predicted octanol–water partition coefficient (Wildman–Crippen LogP) is 1.73. The first-order chi connectivity index (χ1) is 7.08. The molecule has 0 aliphatic heterocycles. The lowest BCUT2D eigenvalue weighted by atomic mass is 10.1. The van der Waals surface area contributed by atoms with Crippen LogP contribution in [0.1, 0.15) is 28.8 Å². The van der Waals surface area contributed by atoms with Crippen LogP contribution in [0, 0.1) is 12.7 Å². The molecule has 0 bridgehead atoms. The summed E-state index contributed by atoms with van der Waals surface area (Å²) in [5, 5.41) is 11.9. The first-order valence-corrected chi connectivity index (χ1v) is 4.88. The van der Waals surface area contributed by atoms with Crippen LogP contribution in [0.4, 0.5) is 4.39 Å². The van der Waals surface area contributed by atoms with E-state index in [0.29, 0.717) is 5.56 Å². The Bertz CT molecular complexity index is 413. The third-order valence-electron chi connectivity index (χ3n) is 2.44. The second-order valence-electron chi connectivity index (χ2n) is 3.87. The fourth-order valence-corrected chi connectivity index (χ4v) is 1.34. The predicted molar refractivity (Wildman–Crippen MR) is 53.3 cm³/mol. The molecule has 0 aromatic heterocycles. The number of rotatable bonds is 2. The number of carbonyl (C=O) groups is 1. The molecule has 1 aliphatic carbocycles. The van der Waals surface area contributed by atoms with E-state index in [9.17, 15) is 14.3 Å². The van der Waals surface area contributed by atoms with Crippen LogP contribution in [0.25, 0.3) is 0 Å². The third-order valence-corrected chi connectivity index (χ3v) is 2.44. The lowest BCUT2D eigenvalue weighted by Crippen LogP contribution is -2.26. The quantitative estimate of drug-likeness (QED) is 0.779. The standard InChI is InChI=1S/C11H12FNO2/c1-6-4-8(9(12)5-10(6)14)11(15)13-7-2-3-7/h4-5,7,14H,2-3H2,1H3,(H,13,15). The second kappa shape index (κ2) is 3.53. The molecule has 1 aliphatic rings. The number of carbonyl (C=O) groups excluding carboxylic acids is 1. The topological polar surface area (TPSA) is 49.3 Å². The van der Waals surface area contributed by atoms with E-state index in [4.69, 9.17) is 0 Å². The Morgan fingerprint density at radius 3 is 2.80 bits per heavy atom. The van der Waals surface area contributed by atoms with Crippen LogP contribution in [0.15, 0.2) is 12.1 Å². The molecule has 2 N–H and O–H groups in total. The summed E-state index contributed by atoms with van der Waals surface area (Å²) in [6.45, 7) is 1.63. The van der Waals surface area contributed by atoms with Crippen LogP contribution in [-0.4, -0.2) is 17.1 Å². The fraction of sp³-hybridized carbons (Fsp3) is 0.364. The van der Waals surface area contributed by atoms with Crippen molar-refractivity contribution < 1.29 is 14.3 Å². The normalized spacial score (nSPS) is 15.1. The summed E-state index contributed by atoms with van der Waals surface area (Å²) in [4.78, 5) is 11.5. The number of benzene rings is 1. The maximum atomic E-state index is 13.3. The highest BCUT2D eigenvalue weighted by molar-refractivity contribution is 5.95. The zero-order chi connectivity index (χ0) is 11.0. The lowest BCUT2D eigenvalue weighted by molar-refractivity contribution is 0.0947. The Morgan fingerprint density at radius 2 is 2.20 bits per heavy atom. The maximum Gasteiger partial charge on any atom is 0.254 e. The molecule has 3 nitrogen and oxygen atoms in total. The molecule has 80 valence electrons. The minimum atomic E-state index is -0.684. The summed E-state index contributed by atoms with van der Waals surface area (Å²) in [6.07, 6.45) is 1.93. The zero-order valence-electron chi connectivity index (χ0n) is 8.38. The molecule has 0 atom stereocenters. The molecule has 2 rings (SSSR count). The second-order valence-corrected chi connectivity index (χ2v) is 3.87. The van der Waals surface area contributed by atoms with E-state index < -0.39 is 11.7 Å². The highest BCUT2D eigenvalue weighted by atomic mass is 19.1. The van der Waals surface area contributed by atoms with Crippen molar-refractivity contribution in [3.8, 4) is 5.75 Å². The number of aromatic hydroxyl groups is 1. The molecule has 0 spiro atoms. The number of phenols is 1. The number of amides is 1. The summed E-state index contributed by atoms with van der Waals surface area (Å²) in [6, 6.07) is 2.53. The molecule has 1 aromatic carbocycles. The van der Waals surface area contributed by atoms with E-state index in [2.05, 4.69) is 5.32 Å². The summed E-state index contributed by atoms with van der Waals surface area (Å²) >= 11 is 0. The summed E-state index contributed by atoms with van der Waals surface area (Å²) in [5.41, 5.74) is 0.495. The Kier molecular flexibility index (Phi) is 2.34. The highest BCUT2D eigenvalue weighted by Crippen LogP contribution is 2.23. The molecular formula is C11H12FNO2. The number of hydrogen-bond donors (Lipinski definition) is 2. The van der Waals surface area contributed by atoms with Crippen LogP contribution in [0.3, 0.4) is 0 Å². The molecule has 0 unspecified atom stereocenters. The van der Waals surface area contributed by atoms with Gasteiger partial charge in [0.2, 0.25) is 0 Å². The number of nitrogens with one attached hydrogen (secondary N) is 1. The van der Waals surface area contributed by atoms with Gasteiger partial charge >= 0.3 is 0 Å². The van der Waals surface area contributed by atoms with Crippen molar-refractivity contribution in [1.29, 1.82) is 0 Å². The van der Waals surface area contributed by atoms with Gasteiger partial charge in [0, 0.05) is 12.1 Å². The average molecular weight is 209 g/mol. The first kappa shape index (κ1) is 9.96. The monoisotopic (exact) mass is 209 g/mol. The molecule has 4 heteroatoms. The Labute approximate surface area is 86.9 Å². The number of aryl methyl sites for hydroxylation is 1. The van der Waals surface area contributed by atoms with Crippen molar-refractivity contribution in [2.24, 2.45) is 0 Å². The molecule has 1 saturated carbocycles. The van der Waals surface area contributed by atoms with E-state index in [1.165, 1.54) is 6.07 Å². The van der Waals surface area contributed by atoms with Gasteiger partial charge in [0.05, 0.1) is 5.56 Å². The van der Waals surface area contributed by atoms with Crippen LogP contribution >= 0.6 is 0 Å². The zero-order valence-corrected chi connectivity index (χ0v) is 8.38. The Morgan fingerprint density at radius 1 is 1.53 bits per heavy atom. The van der Waals surface area contributed by atoms with Crippen LogP contribution < -0.4 is 5.32 Å². The van der Waals surface area contributed by atoms with Crippen LogP contribution in [0.2, 0.25) is 0 Å². The minimum Gasteiger partial charge on any atom is -0.508 e. The summed E-state index contributed by atoms with van der Waals surface area (Å²) in [5.74, 6) is -1.22. The van der Waals surface area contributed by atoms with Gasteiger partial charge in [-0.25, -0.2) is 4.39 Å². The fourth-order valence-electron chi connectivity index (χ4n) is 1.34. The van der Waals surface area contributed by atoms with E-state index in [1.807, 2.05) is 0 Å². The van der Waals surface area contributed by atoms with Gasteiger partial charge in [-0.15, -0.1) is 0 Å². The minimum absolute atomic E-state index is 0.00259. The van der Waals surface area contributed by atoms with Gasteiger partial charge in [-0.2, -0.15) is 0 Å². The van der Waals surface area contributed by atoms with E-state index >= 15 is 0 Å². The van der Waals surface area contributed by atoms with Crippen molar-refractivity contribution in [1.82, 2.24) is 5.32 Å². The smallest absolute Gasteiger partial charge is 0.254 e. The number of phenolic OH excluding ortho intramolecular Hbond substituents is 1. The molecular weight excluding hydrogens is 197 g/mol. The summed E-state index contributed by atoms with van der Waals surface area (Å²) < 4.78 is 13.3. The van der Waals surface area contributed by atoms with E-state index in [1.54, 1.807) is 6.92 Å². The van der Waals surface area contributed by atoms with Crippen LogP contribution in [-0.2, 0) is 0 Å². The summed E-state index contributed by atoms with van der Waals surface area (Å²) in [7, 11) is 0. The Hall–Kier alpha value is -1.58.